The molecule has 0 saturated heterocycles. The van der Waals surface area contributed by atoms with Gasteiger partial charge in [-0.1, -0.05) is 27.7 Å². The van der Waals surface area contributed by atoms with Gasteiger partial charge >= 0.3 is 48.3 Å². The highest BCUT2D eigenvalue weighted by Gasteiger charge is 2.22. The van der Waals surface area contributed by atoms with E-state index in [1.165, 1.54) is 13.8 Å². The molecule has 0 atom stereocenters. The number of hydrogen-bond acceptors (Lipinski definition) is 16. The van der Waals surface area contributed by atoms with E-state index in [0.717, 1.165) is 9.80 Å². The fourth-order valence-corrected chi connectivity index (χ4v) is 2.70. The average molecular weight is 667 g/mol. The zero-order valence-corrected chi connectivity index (χ0v) is 26.3. The number of carbonyl (C=O) groups excluding carboxylic acids is 8. The molecule has 2 N–H and O–H groups in total. The lowest BCUT2D eigenvalue weighted by Gasteiger charge is -2.27. The van der Waals surface area contributed by atoms with Crippen LogP contribution in [-0.2, 0) is 57.1 Å². The molecule has 0 aliphatic rings. The van der Waals surface area contributed by atoms with Crippen molar-refractivity contribution in [2.75, 3.05) is 66.4 Å². The first kappa shape index (κ1) is 41.0. The van der Waals surface area contributed by atoms with Gasteiger partial charge in [0.05, 0.1) is 0 Å². The summed E-state index contributed by atoms with van der Waals surface area (Å²) in [4.78, 5) is 96.3. The molecule has 20 heteroatoms. The van der Waals surface area contributed by atoms with Crippen molar-refractivity contribution < 1.29 is 76.3 Å². The van der Waals surface area contributed by atoms with E-state index >= 15 is 0 Å². The van der Waals surface area contributed by atoms with Gasteiger partial charge in [-0.2, -0.15) is 0 Å². The normalized spacial score (nSPS) is 9.91. The molecule has 4 amide bonds. The minimum atomic E-state index is -0.982. The summed E-state index contributed by atoms with van der Waals surface area (Å²) in [7, 11) is 0. The van der Waals surface area contributed by atoms with Gasteiger partial charge in [-0.15, -0.1) is 0 Å². The third-order valence-corrected chi connectivity index (χ3v) is 5.24. The monoisotopic (exact) mass is 666 g/mol. The fourth-order valence-electron chi connectivity index (χ4n) is 2.70. The highest BCUT2D eigenvalue weighted by Crippen LogP contribution is 2.01. The smallest absolute Gasteiger partial charge is 0.412 e. The van der Waals surface area contributed by atoms with Crippen molar-refractivity contribution in [3.05, 3.63) is 0 Å². The predicted molar refractivity (Wildman–Crippen MR) is 150 cm³/mol. The molecule has 0 rings (SSSR count). The van der Waals surface area contributed by atoms with Gasteiger partial charge in [0.1, 0.15) is 0 Å². The van der Waals surface area contributed by atoms with Crippen LogP contribution in [0.25, 0.3) is 0 Å². The third kappa shape index (κ3) is 20.8. The van der Waals surface area contributed by atoms with E-state index < -0.39 is 75.4 Å². The zero-order chi connectivity index (χ0) is 34.7. The summed E-state index contributed by atoms with van der Waals surface area (Å²) in [6.45, 7) is 2.34. The maximum atomic E-state index is 12.7. The minimum absolute atomic E-state index is 0.0387. The number of alkyl carbamates (subject to hydrolysis) is 2. The highest BCUT2D eigenvalue weighted by atomic mass is 16.7. The molecule has 262 valence electrons. The van der Waals surface area contributed by atoms with E-state index in [-0.39, 0.29) is 65.0 Å². The van der Waals surface area contributed by atoms with Crippen LogP contribution >= 0.6 is 0 Å². The fraction of sp³-hybridized carbons (Fsp3) is 0.692. The number of ether oxygens (including phenoxy) is 8. The van der Waals surface area contributed by atoms with Gasteiger partial charge in [0.2, 0.25) is 27.2 Å². The van der Waals surface area contributed by atoms with Crippen molar-refractivity contribution in [2.24, 2.45) is 0 Å². The van der Waals surface area contributed by atoms with Crippen molar-refractivity contribution >= 4 is 48.3 Å². The Hall–Kier alpha value is -5.04. The first-order valence-electron chi connectivity index (χ1n) is 14.2. The van der Waals surface area contributed by atoms with E-state index in [1.54, 1.807) is 13.8 Å². The minimum Gasteiger partial charge on any atom is -0.428 e. The Bertz CT molecular complexity index is 930. The quantitative estimate of drug-likeness (QED) is 0.0984. The Morgan fingerprint density at radius 1 is 0.413 bits per heavy atom. The molecule has 0 aromatic heterocycles. The third-order valence-electron chi connectivity index (χ3n) is 5.24. The molecule has 0 heterocycles. The van der Waals surface area contributed by atoms with Gasteiger partial charge in [-0.3, -0.25) is 19.2 Å². The van der Waals surface area contributed by atoms with Crippen LogP contribution in [0.5, 0.6) is 0 Å². The van der Waals surface area contributed by atoms with Gasteiger partial charge in [-0.25, -0.2) is 19.2 Å². The van der Waals surface area contributed by atoms with Crippen LogP contribution in [0.15, 0.2) is 0 Å². The van der Waals surface area contributed by atoms with Crippen molar-refractivity contribution in [2.45, 2.75) is 53.4 Å². The summed E-state index contributed by atoms with van der Waals surface area (Å²) >= 11 is 0. The van der Waals surface area contributed by atoms with Gasteiger partial charge in [0.15, 0.2) is 0 Å². The standard InChI is InChI=1S/C26H42N4O16/c1-5-19(31)39-15-43-23(35)27-9-11-29(25(37)45-17-41-21(33)7-3)13-14-30(26(38)46-18-42-22(34)8-4)12-10-28-24(36)44-16-40-20(32)6-2/h5-18H2,1-4H3,(H,27,35)(H,28,36). The molecule has 0 aliphatic heterocycles. The van der Waals surface area contributed by atoms with Crippen molar-refractivity contribution in [1.29, 1.82) is 0 Å². The van der Waals surface area contributed by atoms with Crippen molar-refractivity contribution in [1.82, 2.24) is 20.4 Å². The number of nitrogens with zero attached hydrogens (tertiary/aromatic N) is 2. The molecule has 0 radical (unpaired) electrons. The average Bonchev–Trinajstić information content (AvgIpc) is 3.04. The van der Waals surface area contributed by atoms with Crippen LogP contribution in [0.1, 0.15) is 53.4 Å². The molecule has 46 heavy (non-hydrogen) atoms. The molecule has 0 aliphatic carbocycles. The Morgan fingerprint density at radius 3 is 0.978 bits per heavy atom. The molecule has 0 fully saturated rings. The Kier molecular flexibility index (Phi) is 22.5. The lowest BCUT2D eigenvalue weighted by atomic mass is 10.4. The van der Waals surface area contributed by atoms with Gasteiger partial charge in [-0.05, 0) is 0 Å². The van der Waals surface area contributed by atoms with E-state index in [9.17, 15) is 38.4 Å². The van der Waals surface area contributed by atoms with Crippen LogP contribution in [0, 0.1) is 0 Å². The van der Waals surface area contributed by atoms with Gasteiger partial charge in [0.25, 0.3) is 0 Å². The Balaban J connectivity index is 5.32. The molecule has 0 aromatic rings. The van der Waals surface area contributed by atoms with E-state index in [4.69, 9.17) is 28.4 Å². The second kappa shape index (κ2) is 25.3. The lowest BCUT2D eigenvalue weighted by Crippen LogP contribution is -2.46. The first-order valence-corrected chi connectivity index (χ1v) is 14.2. The summed E-state index contributed by atoms with van der Waals surface area (Å²) in [6.07, 6.45) is -3.63. The zero-order valence-electron chi connectivity index (χ0n) is 26.3. The Morgan fingerprint density at radius 2 is 0.696 bits per heavy atom. The number of nitrogens with one attached hydrogen (secondary N) is 2. The number of amides is 4. The van der Waals surface area contributed by atoms with Crippen LogP contribution < -0.4 is 10.6 Å². The Labute approximate surface area is 265 Å². The molecule has 20 nitrogen and oxygen atoms in total. The van der Waals surface area contributed by atoms with Crippen molar-refractivity contribution in [3.8, 4) is 0 Å². The molecule has 0 bridgehead atoms. The SMILES string of the molecule is CCC(=O)OCOC(=O)NCCN(CCN(CCNC(=O)OCOC(=O)CC)C(=O)OCOC(=O)CC)C(=O)OCOC(=O)CC. The lowest BCUT2D eigenvalue weighted by molar-refractivity contribution is -0.153. The summed E-state index contributed by atoms with van der Waals surface area (Å²) < 4.78 is 38.1. The number of hydrogen-bond donors (Lipinski definition) is 2. The van der Waals surface area contributed by atoms with Crippen LogP contribution in [-0.4, -0.2) is 124 Å². The van der Waals surface area contributed by atoms with E-state index in [0.29, 0.717) is 0 Å². The number of rotatable bonds is 21. The second-order valence-electron chi connectivity index (χ2n) is 8.46. The second-order valence-corrected chi connectivity index (χ2v) is 8.46. The van der Waals surface area contributed by atoms with Crippen molar-refractivity contribution in [3.63, 3.8) is 0 Å². The summed E-state index contributed by atoms with van der Waals surface area (Å²) in [5.41, 5.74) is 0. The predicted octanol–water partition coefficient (Wildman–Crippen LogP) is 0.959. The molecule has 0 aromatic carbocycles. The summed E-state index contributed by atoms with van der Waals surface area (Å²) in [5, 5.41) is 4.68. The molecule has 0 spiro atoms. The molecule has 0 unspecified atom stereocenters. The molecular formula is C26H42N4O16. The van der Waals surface area contributed by atoms with Gasteiger partial charge < -0.3 is 58.3 Å². The maximum Gasteiger partial charge on any atom is 0.412 e. The number of carbonyl (C=O) groups is 8. The van der Waals surface area contributed by atoms with Crippen LogP contribution in [0.4, 0.5) is 19.2 Å². The first-order chi connectivity index (χ1) is 22.0. The molecular weight excluding hydrogens is 624 g/mol. The van der Waals surface area contributed by atoms with Crippen LogP contribution in [0.2, 0.25) is 0 Å². The highest BCUT2D eigenvalue weighted by molar-refractivity contribution is 5.72. The summed E-state index contributed by atoms with van der Waals surface area (Å²) in [6, 6.07) is 0. The maximum absolute atomic E-state index is 12.7. The largest absolute Gasteiger partial charge is 0.428 e. The van der Waals surface area contributed by atoms with E-state index in [1.807, 2.05) is 0 Å². The number of esters is 4. The topological polar surface area (TPSA) is 241 Å². The van der Waals surface area contributed by atoms with Gasteiger partial charge in [0, 0.05) is 65.0 Å². The van der Waals surface area contributed by atoms with E-state index in [2.05, 4.69) is 20.1 Å². The molecule has 0 saturated carbocycles. The summed E-state index contributed by atoms with van der Waals surface area (Å²) in [5.74, 6) is -2.41. The van der Waals surface area contributed by atoms with Crippen LogP contribution in [0.3, 0.4) is 0 Å².